The molecule has 0 aromatic heterocycles. The van der Waals surface area contributed by atoms with E-state index in [9.17, 15) is 0 Å². The van der Waals surface area contributed by atoms with E-state index < -0.39 is 0 Å². The summed E-state index contributed by atoms with van der Waals surface area (Å²) in [7, 11) is 0. The first-order valence-corrected chi connectivity index (χ1v) is 6.70. The van der Waals surface area contributed by atoms with Gasteiger partial charge in [0.05, 0.1) is 0 Å². The van der Waals surface area contributed by atoms with Gasteiger partial charge in [-0.05, 0) is 25.7 Å². The second kappa shape index (κ2) is 8.86. The summed E-state index contributed by atoms with van der Waals surface area (Å²) >= 11 is 0. The molecule has 0 heterocycles. The van der Waals surface area contributed by atoms with Crippen molar-refractivity contribution in [2.24, 2.45) is 11.5 Å². The molecule has 0 saturated heterocycles. The summed E-state index contributed by atoms with van der Waals surface area (Å²) in [6.45, 7) is 16.3. The molecule has 0 aromatic carbocycles. The topological polar surface area (TPSA) is 64.1 Å². The van der Waals surface area contributed by atoms with Crippen LogP contribution in [0, 0.1) is 0 Å². The Bertz CT molecular complexity index is 257. The quantitative estimate of drug-likeness (QED) is 0.473. The minimum atomic E-state index is -0.255. The van der Waals surface area contributed by atoms with Gasteiger partial charge in [-0.2, -0.15) is 0 Å². The number of nitrogens with two attached hydrogens (primary N) is 2. The van der Waals surface area contributed by atoms with E-state index in [1.165, 1.54) is 0 Å². The normalized spacial score (nSPS) is 11.9. The average molecular weight is 263 g/mol. The molecule has 3 nitrogen and oxygen atoms in total. The van der Waals surface area contributed by atoms with E-state index >= 15 is 0 Å². The molecule has 108 valence electrons. The highest BCUT2D eigenvalue weighted by Gasteiger charge is 2.36. The van der Waals surface area contributed by atoms with Gasteiger partial charge in [-0.25, -0.2) is 0 Å². The van der Waals surface area contributed by atoms with Crippen LogP contribution in [0.15, 0.2) is 50.6 Å². The van der Waals surface area contributed by atoms with Crippen LogP contribution in [0.25, 0.3) is 0 Å². The molecule has 5 N–H and O–H groups in total. The summed E-state index contributed by atoms with van der Waals surface area (Å²) in [5, 5.41) is 3.65. The van der Waals surface area contributed by atoms with Crippen LogP contribution in [0.5, 0.6) is 0 Å². The van der Waals surface area contributed by atoms with E-state index in [0.717, 1.165) is 25.7 Å². The molecule has 0 fully saturated rings. The molecule has 0 aliphatic carbocycles. The monoisotopic (exact) mass is 263 g/mol. The molecule has 0 amide bonds. The predicted molar refractivity (Wildman–Crippen MR) is 86.0 cm³/mol. The summed E-state index contributed by atoms with van der Waals surface area (Å²) in [6.07, 6.45) is 10.6. The molecule has 0 radical (unpaired) electrons. The van der Waals surface area contributed by atoms with Gasteiger partial charge in [0, 0.05) is 24.2 Å². The Labute approximate surface area is 118 Å². The molecule has 0 aliphatic rings. The zero-order valence-electron chi connectivity index (χ0n) is 12.0. The first kappa shape index (κ1) is 17.8. The number of rotatable bonds is 12. The average Bonchev–Trinajstić information content (AvgIpc) is 2.39. The van der Waals surface area contributed by atoms with Crippen molar-refractivity contribution in [3.63, 3.8) is 0 Å². The van der Waals surface area contributed by atoms with Crippen LogP contribution in [-0.2, 0) is 0 Å². The van der Waals surface area contributed by atoms with Crippen molar-refractivity contribution < 1.29 is 0 Å². The van der Waals surface area contributed by atoms with Gasteiger partial charge in [0.1, 0.15) is 0 Å². The van der Waals surface area contributed by atoms with E-state index in [0.29, 0.717) is 13.1 Å². The van der Waals surface area contributed by atoms with Crippen LogP contribution in [-0.4, -0.2) is 24.2 Å². The third-order valence-electron chi connectivity index (χ3n) is 3.45. The highest BCUT2D eigenvalue weighted by molar-refractivity contribution is 5.08. The van der Waals surface area contributed by atoms with Crippen LogP contribution in [0.2, 0.25) is 0 Å². The van der Waals surface area contributed by atoms with Gasteiger partial charge < -0.3 is 16.8 Å². The van der Waals surface area contributed by atoms with Gasteiger partial charge >= 0.3 is 0 Å². The maximum atomic E-state index is 5.98. The van der Waals surface area contributed by atoms with Crippen LogP contribution in [0.4, 0.5) is 0 Å². The molecular weight excluding hydrogens is 234 g/mol. The lowest BCUT2D eigenvalue weighted by atomic mass is 9.83. The molecule has 0 rings (SSSR count). The van der Waals surface area contributed by atoms with Crippen LogP contribution in [0.3, 0.4) is 0 Å². The Hall–Kier alpha value is -1.16. The fourth-order valence-electron chi connectivity index (χ4n) is 2.47. The zero-order chi connectivity index (χ0) is 14.8. The summed E-state index contributed by atoms with van der Waals surface area (Å²) in [6, 6.07) is 0. The predicted octanol–water partition coefficient (Wildman–Crippen LogP) is 2.28. The Morgan fingerprint density at radius 2 is 0.947 bits per heavy atom. The third kappa shape index (κ3) is 5.15. The molecule has 0 atom stereocenters. The number of hydrogen-bond acceptors (Lipinski definition) is 3. The lowest BCUT2D eigenvalue weighted by Crippen LogP contribution is -2.63. The Balaban J connectivity index is 5.29. The van der Waals surface area contributed by atoms with Crippen molar-refractivity contribution in [1.29, 1.82) is 0 Å². The van der Waals surface area contributed by atoms with E-state index in [1.807, 2.05) is 24.3 Å². The number of nitrogens with one attached hydrogen (secondary N) is 1. The standard InChI is InChI=1S/C16H29N3/c1-5-9-15(13-17,10-6-2)19-16(14-18,11-7-3)12-8-4/h5-8,19H,1-4,9-14,17-18H2. The third-order valence-corrected chi connectivity index (χ3v) is 3.45. The van der Waals surface area contributed by atoms with Crippen molar-refractivity contribution in [3.8, 4) is 0 Å². The highest BCUT2D eigenvalue weighted by Crippen LogP contribution is 2.25. The van der Waals surface area contributed by atoms with E-state index in [4.69, 9.17) is 11.5 Å². The zero-order valence-corrected chi connectivity index (χ0v) is 12.0. The second-order valence-electron chi connectivity index (χ2n) is 5.07. The SMILES string of the molecule is C=CCC(CN)(CC=C)NC(CN)(CC=C)CC=C. The van der Waals surface area contributed by atoms with Gasteiger partial charge in [-0.15, -0.1) is 26.3 Å². The fraction of sp³-hybridized carbons (Fsp3) is 0.500. The first-order valence-electron chi connectivity index (χ1n) is 6.70. The molecule has 0 spiro atoms. The largest absolute Gasteiger partial charge is 0.329 e. The molecule has 0 unspecified atom stereocenters. The minimum Gasteiger partial charge on any atom is -0.329 e. The fourth-order valence-corrected chi connectivity index (χ4v) is 2.47. The van der Waals surface area contributed by atoms with Crippen LogP contribution < -0.4 is 16.8 Å². The molecule has 0 bridgehead atoms. The molecule has 0 aromatic rings. The Kier molecular flexibility index (Phi) is 8.32. The lowest BCUT2D eigenvalue weighted by Gasteiger charge is -2.43. The first-order chi connectivity index (χ1) is 9.07. The van der Waals surface area contributed by atoms with Crippen molar-refractivity contribution >= 4 is 0 Å². The van der Waals surface area contributed by atoms with Crippen molar-refractivity contribution in [1.82, 2.24) is 5.32 Å². The molecule has 19 heavy (non-hydrogen) atoms. The molecule has 0 saturated carbocycles. The number of hydrogen-bond donors (Lipinski definition) is 3. The highest BCUT2D eigenvalue weighted by atomic mass is 15.1. The summed E-state index contributed by atoms with van der Waals surface area (Å²) in [4.78, 5) is 0. The van der Waals surface area contributed by atoms with Crippen LogP contribution in [0.1, 0.15) is 25.7 Å². The lowest BCUT2D eigenvalue weighted by molar-refractivity contribution is 0.213. The Morgan fingerprint density at radius 3 is 1.11 bits per heavy atom. The van der Waals surface area contributed by atoms with Crippen molar-refractivity contribution in [3.05, 3.63) is 50.6 Å². The van der Waals surface area contributed by atoms with Gasteiger partial charge in [-0.3, -0.25) is 0 Å². The molecular formula is C16H29N3. The smallest absolute Gasteiger partial charge is 0.0378 e. The van der Waals surface area contributed by atoms with Gasteiger partial charge in [0.2, 0.25) is 0 Å². The van der Waals surface area contributed by atoms with Crippen molar-refractivity contribution in [2.45, 2.75) is 36.8 Å². The van der Waals surface area contributed by atoms with E-state index in [2.05, 4.69) is 31.6 Å². The minimum absolute atomic E-state index is 0.255. The van der Waals surface area contributed by atoms with Gasteiger partial charge in [0.15, 0.2) is 0 Å². The van der Waals surface area contributed by atoms with E-state index in [-0.39, 0.29) is 11.1 Å². The van der Waals surface area contributed by atoms with Crippen molar-refractivity contribution in [2.75, 3.05) is 13.1 Å². The molecule has 3 heteroatoms. The van der Waals surface area contributed by atoms with Gasteiger partial charge in [-0.1, -0.05) is 24.3 Å². The maximum Gasteiger partial charge on any atom is 0.0378 e. The molecule has 0 aliphatic heterocycles. The Morgan fingerprint density at radius 1 is 0.684 bits per heavy atom. The van der Waals surface area contributed by atoms with Crippen LogP contribution >= 0.6 is 0 Å². The second-order valence-corrected chi connectivity index (χ2v) is 5.07. The summed E-state index contributed by atoms with van der Waals surface area (Å²) < 4.78 is 0. The summed E-state index contributed by atoms with van der Waals surface area (Å²) in [5.41, 5.74) is 11.5. The van der Waals surface area contributed by atoms with Gasteiger partial charge in [0.25, 0.3) is 0 Å². The summed E-state index contributed by atoms with van der Waals surface area (Å²) in [5.74, 6) is 0. The van der Waals surface area contributed by atoms with E-state index in [1.54, 1.807) is 0 Å². The maximum absolute atomic E-state index is 5.98.